The lowest BCUT2D eigenvalue weighted by molar-refractivity contribution is -0.0379. The highest BCUT2D eigenvalue weighted by molar-refractivity contribution is 5.84. The van der Waals surface area contributed by atoms with Crippen LogP contribution in [0.2, 0.25) is 0 Å². The Morgan fingerprint density at radius 2 is 2.42 bits per heavy atom. The molecule has 1 aliphatic heterocycles. The summed E-state index contributed by atoms with van der Waals surface area (Å²) in [6, 6.07) is 0. The predicted molar refractivity (Wildman–Crippen MR) is 48.5 cm³/mol. The van der Waals surface area contributed by atoms with Gasteiger partial charge in [-0.25, -0.2) is 0 Å². The summed E-state index contributed by atoms with van der Waals surface area (Å²) in [5, 5.41) is 0. The fraction of sp³-hybridized carbons (Fsp3) is 0.889. The van der Waals surface area contributed by atoms with Crippen LogP contribution in [0.5, 0.6) is 0 Å². The molecule has 1 unspecified atom stereocenters. The molecule has 1 atom stereocenters. The number of hydrogen-bond donors (Lipinski definition) is 0. The van der Waals surface area contributed by atoms with Gasteiger partial charge < -0.3 is 9.47 Å². The fourth-order valence-corrected chi connectivity index (χ4v) is 1.41. The Labute approximate surface area is 73.8 Å². The molecule has 0 bridgehead atoms. The molecule has 0 aromatic heterocycles. The van der Waals surface area contributed by atoms with Gasteiger partial charge in [-0.3, -0.25) is 4.99 Å². The van der Waals surface area contributed by atoms with E-state index in [1.54, 1.807) is 7.11 Å². The number of nitrogens with zero attached hydrogens (tertiary/aromatic N) is 1. The third-order valence-electron chi connectivity index (χ3n) is 2.18. The molecule has 3 nitrogen and oxygen atoms in total. The molecule has 0 spiro atoms. The number of methoxy groups -OCH3 is 1. The Hall–Kier alpha value is -0.410. The molecule has 0 saturated carbocycles. The average molecular weight is 171 g/mol. The van der Waals surface area contributed by atoms with Gasteiger partial charge in [-0.1, -0.05) is 0 Å². The van der Waals surface area contributed by atoms with E-state index in [0.717, 1.165) is 13.2 Å². The molecule has 1 aliphatic rings. The van der Waals surface area contributed by atoms with Crippen LogP contribution >= 0.6 is 0 Å². The molecule has 0 amide bonds. The molecule has 0 aromatic rings. The summed E-state index contributed by atoms with van der Waals surface area (Å²) >= 11 is 0. The normalized spacial score (nSPS) is 23.8. The lowest BCUT2D eigenvalue weighted by Crippen LogP contribution is -2.22. The van der Waals surface area contributed by atoms with Gasteiger partial charge in [-0.05, 0) is 19.8 Å². The fourth-order valence-electron chi connectivity index (χ4n) is 1.41. The standard InChI is InChI=1S/C9H17NO2/c1-8-9(4-3-5-10-8)6-12-7-11-2/h9H,3-7H2,1-2H3. The van der Waals surface area contributed by atoms with Crippen LogP contribution in [0.3, 0.4) is 0 Å². The van der Waals surface area contributed by atoms with Gasteiger partial charge in [0, 0.05) is 25.3 Å². The Morgan fingerprint density at radius 3 is 3.08 bits per heavy atom. The van der Waals surface area contributed by atoms with Crippen molar-refractivity contribution in [1.82, 2.24) is 0 Å². The molecule has 0 radical (unpaired) electrons. The summed E-state index contributed by atoms with van der Waals surface area (Å²) in [4.78, 5) is 4.39. The van der Waals surface area contributed by atoms with Crippen molar-refractivity contribution in [3.8, 4) is 0 Å². The van der Waals surface area contributed by atoms with Gasteiger partial charge >= 0.3 is 0 Å². The summed E-state index contributed by atoms with van der Waals surface area (Å²) in [6.07, 6.45) is 2.40. The van der Waals surface area contributed by atoms with Crippen LogP contribution in [0, 0.1) is 5.92 Å². The third-order valence-corrected chi connectivity index (χ3v) is 2.18. The van der Waals surface area contributed by atoms with Crippen LogP contribution in [-0.2, 0) is 9.47 Å². The zero-order valence-corrected chi connectivity index (χ0v) is 7.88. The monoisotopic (exact) mass is 171 g/mol. The van der Waals surface area contributed by atoms with Crippen molar-refractivity contribution >= 4 is 5.71 Å². The van der Waals surface area contributed by atoms with Crippen molar-refractivity contribution in [1.29, 1.82) is 0 Å². The first-order valence-corrected chi connectivity index (χ1v) is 4.42. The predicted octanol–water partition coefficient (Wildman–Crippen LogP) is 1.48. The molecular weight excluding hydrogens is 154 g/mol. The molecule has 1 heterocycles. The second kappa shape index (κ2) is 5.27. The summed E-state index contributed by atoms with van der Waals surface area (Å²) in [5.41, 5.74) is 1.23. The van der Waals surface area contributed by atoms with Gasteiger partial charge in [0.15, 0.2) is 0 Å². The van der Waals surface area contributed by atoms with Crippen molar-refractivity contribution in [3.05, 3.63) is 0 Å². The van der Waals surface area contributed by atoms with E-state index in [4.69, 9.17) is 9.47 Å². The van der Waals surface area contributed by atoms with Crippen LogP contribution in [0.1, 0.15) is 19.8 Å². The maximum Gasteiger partial charge on any atom is 0.146 e. The van der Waals surface area contributed by atoms with Gasteiger partial charge in [0.2, 0.25) is 0 Å². The van der Waals surface area contributed by atoms with Crippen molar-refractivity contribution < 1.29 is 9.47 Å². The first-order chi connectivity index (χ1) is 5.84. The summed E-state index contributed by atoms with van der Waals surface area (Å²) in [6.45, 7) is 4.22. The van der Waals surface area contributed by atoms with E-state index in [1.165, 1.54) is 18.6 Å². The van der Waals surface area contributed by atoms with Gasteiger partial charge in [-0.2, -0.15) is 0 Å². The van der Waals surface area contributed by atoms with Gasteiger partial charge in [0.05, 0.1) is 6.61 Å². The summed E-state index contributed by atoms with van der Waals surface area (Å²) in [7, 11) is 1.64. The summed E-state index contributed by atoms with van der Waals surface area (Å²) < 4.78 is 10.1. The molecule has 0 aliphatic carbocycles. The molecule has 70 valence electrons. The SMILES string of the molecule is COCOCC1CCCN=C1C. The Morgan fingerprint density at radius 1 is 1.58 bits per heavy atom. The van der Waals surface area contributed by atoms with E-state index < -0.39 is 0 Å². The zero-order valence-electron chi connectivity index (χ0n) is 7.88. The van der Waals surface area contributed by atoms with Crippen LogP contribution in [0.4, 0.5) is 0 Å². The Kier molecular flexibility index (Phi) is 4.25. The van der Waals surface area contributed by atoms with Crippen LogP contribution < -0.4 is 0 Å². The smallest absolute Gasteiger partial charge is 0.146 e. The highest BCUT2D eigenvalue weighted by atomic mass is 16.7. The van der Waals surface area contributed by atoms with Gasteiger partial charge in [0.25, 0.3) is 0 Å². The van der Waals surface area contributed by atoms with E-state index in [1.807, 2.05) is 0 Å². The minimum atomic E-state index is 0.393. The zero-order chi connectivity index (χ0) is 8.81. The molecule has 3 heteroatoms. The van der Waals surface area contributed by atoms with Gasteiger partial charge in [-0.15, -0.1) is 0 Å². The van der Waals surface area contributed by atoms with Crippen molar-refractivity contribution in [2.75, 3.05) is 27.1 Å². The van der Waals surface area contributed by atoms with E-state index in [2.05, 4.69) is 11.9 Å². The minimum Gasteiger partial charge on any atom is -0.359 e. The maximum atomic E-state index is 5.29. The van der Waals surface area contributed by atoms with Crippen molar-refractivity contribution in [2.45, 2.75) is 19.8 Å². The number of ether oxygens (including phenoxy) is 2. The highest BCUT2D eigenvalue weighted by Crippen LogP contribution is 2.14. The largest absolute Gasteiger partial charge is 0.359 e. The van der Waals surface area contributed by atoms with Crippen LogP contribution in [-0.4, -0.2) is 32.8 Å². The van der Waals surface area contributed by atoms with Crippen LogP contribution in [0.25, 0.3) is 0 Å². The highest BCUT2D eigenvalue weighted by Gasteiger charge is 2.15. The van der Waals surface area contributed by atoms with E-state index >= 15 is 0 Å². The first kappa shape index (κ1) is 9.68. The number of rotatable bonds is 4. The minimum absolute atomic E-state index is 0.393. The average Bonchev–Trinajstić information content (AvgIpc) is 2.09. The summed E-state index contributed by atoms with van der Waals surface area (Å²) in [5.74, 6) is 0.522. The molecule has 0 fully saturated rings. The molecule has 0 saturated heterocycles. The Balaban J connectivity index is 2.21. The third kappa shape index (κ3) is 2.91. The first-order valence-electron chi connectivity index (χ1n) is 4.42. The van der Waals surface area contributed by atoms with Gasteiger partial charge in [0.1, 0.15) is 6.79 Å². The van der Waals surface area contributed by atoms with E-state index in [-0.39, 0.29) is 0 Å². The molecule has 0 aromatic carbocycles. The molecule has 12 heavy (non-hydrogen) atoms. The van der Waals surface area contributed by atoms with Crippen molar-refractivity contribution in [2.24, 2.45) is 10.9 Å². The topological polar surface area (TPSA) is 30.8 Å². The van der Waals surface area contributed by atoms with Crippen LogP contribution in [0.15, 0.2) is 4.99 Å². The second-order valence-electron chi connectivity index (χ2n) is 3.14. The van der Waals surface area contributed by atoms with Crippen molar-refractivity contribution in [3.63, 3.8) is 0 Å². The van der Waals surface area contributed by atoms with E-state index in [0.29, 0.717) is 12.7 Å². The number of hydrogen-bond acceptors (Lipinski definition) is 3. The maximum absolute atomic E-state index is 5.29. The molecule has 0 N–H and O–H groups in total. The number of aliphatic imine (C=N–C) groups is 1. The lowest BCUT2D eigenvalue weighted by Gasteiger charge is -2.20. The van der Waals surface area contributed by atoms with E-state index in [9.17, 15) is 0 Å². The molecule has 1 rings (SSSR count). The Bertz CT molecular complexity index is 157. The lowest BCUT2D eigenvalue weighted by atomic mass is 9.97. The second-order valence-corrected chi connectivity index (χ2v) is 3.14. The molecular formula is C9H17NO2. The quantitative estimate of drug-likeness (QED) is 0.474.